The summed E-state index contributed by atoms with van der Waals surface area (Å²) in [5.41, 5.74) is 2.11. The van der Waals surface area contributed by atoms with Gasteiger partial charge in [-0.15, -0.1) is 34.9 Å². The third-order valence-corrected chi connectivity index (χ3v) is 7.02. The largest absolute Gasteiger partial charge is 0.465 e. The van der Waals surface area contributed by atoms with E-state index >= 15 is 0 Å². The van der Waals surface area contributed by atoms with Crippen molar-refractivity contribution in [3.63, 3.8) is 0 Å². The van der Waals surface area contributed by atoms with Crippen LogP contribution in [0, 0.1) is 12.8 Å². The summed E-state index contributed by atoms with van der Waals surface area (Å²) in [5.74, 6) is -0.557. The van der Waals surface area contributed by atoms with Gasteiger partial charge in [-0.05, 0) is 48.4 Å². The van der Waals surface area contributed by atoms with Crippen LogP contribution in [-0.4, -0.2) is 29.6 Å². The van der Waals surface area contributed by atoms with Crippen molar-refractivity contribution in [2.45, 2.75) is 24.1 Å². The van der Waals surface area contributed by atoms with Crippen LogP contribution in [-0.2, 0) is 14.3 Å². The van der Waals surface area contributed by atoms with E-state index in [4.69, 9.17) is 4.74 Å². The van der Waals surface area contributed by atoms with Gasteiger partial charge in [0.25, 0.3) is 0 Å². The van der Waals surface area contributed by atoms with Crippen molar-refractivity contribution in [1.29, 1.82) is 0 Å². The number of thiophene rings is 1. The van der Waals surface area contributed by atoms with Crippen LogP contribution in [0.1, 0.15) is 17.4 Å². The molecule has 2 heterocycles. The summed E-state index contributed by atoms with van der Waals surface area (Å²) in [6.45, 7) is 4.15. The predicted octanol–water partition coefficient (Wildman–Crippen LogP) is 4.56. The number of benzene rings is 1. The van der Waals surface area contributed by atoms with E-state index < -0.39 is 5.92 Å². The first kappa shape index (κ1) is 20.0. The van der Waals surface area contributed by atoms with Crippen LogP contribution in [0.15, 0.2) is 52.1 Å². The molecule has 0 fully saturated rings. The van der Waals surface area contributed by atoms with E-state index in [1.807, 2.05) is 54.1 Å². The number of aryl methyl sites for hydroxylation is 1. The Hall–Kier alpha value is -1.70. The van der Waals surface area contributed by atoms with Crippen LogP contribution in [0.2, 0.25) is 0 Å². The lowest BCUT2D eigenvalue weighted by Gasteiger charge is -2.21. The minimum Gasteiger partial charge on any atom is -0.465 e. The Balaban J connectivity index is 1.63. The third-order valence-electron chi connectivity index (χ3n) is 4.02. The van der Waals surface area contributed by atoms with E-state index in [1.54, 1.807) is 18.3 Å². The molecule has 0 saturated carbocycles. The molecule has 1 aliphatic heterocycles. The molecule has 1 amide bonds. The molecule has 1 aromatic heterocycles. The summed E-state index contributed by atoms with van der Waals surface area (Å²) >= 11 is 4.53. The molecule has 1 aromatic carbocycles. The van der Waals surface area contributed by atoms with Gasteiger partial charge in [-0.3, -0.25) is 9.59 Å². The highest BCUT2D eigenvalue weighted by Gasteiger charge is 2.39. The first-order valence-corrected chi connectivity index (χ1v) is 11.4. The molecule has 0 unspecified atom stereocenters. The lowest BCUT2D eigenvalue weighted by molar-refractivity contribution is -0.146. The molecule has 2 atom stereocenters. The van der Waals surface area contributed by atoms with Crippen LogP contribution in [0.5, 0.6) is 0 Å². The van der Waals surface area contributed by atoms with Crippen molar-refractivity contribution in [3.05, 3.63) is 57.6 Å². The Morgan fingerprint density at radius 2 is 2.00 bits per heavy atom. The van der Waals surface area contributed by atoms with Crippen LogP contribution in [0.3, 0.4) is 0 Å². The van der Waals surface area contributed by atoms with Gasteiger partial charge in [-0.1, -0.05) is 23.8 Å². The number of rotatable bonds is 7. The molecule has 2 aromatic rings. The van der Waals surface area contributed by atoms with Gasteiger partial charge in [0.05, 0.1) is 17.7 Å². The maximum absolute atomic E-state index is 12.5. The Bertz CT molecular complexity index is 816. The monoisotopic (exact) mass is 419 g/mol. The second-order valence-corrected chi connectivity index (χ2v) is 9.02. The van der Waals surface area contributed by atoms with E-state index in [0.717, 1.165) is 15.3 Å². The zero-order chi connectivity index (χ0) is 19.2. The van der Waals surface area contributed by atoms with Crippen molar-refractivity contribution < 1.29 is 14.3 Å². The van der Waals surface area contributed by atoms with Gasteiger partial charge in [-0.25, -0.2) is 0 Å². The number of hydrogen-bond acceptors (Lipinski definition) is 6. The Morgan fingerprint density at radius 3 is 2.67 bits per heavy atom. The lowest BCUT2D eigenvalue weighted by atomic mass is 9.99. The molecule has 0 saturated heterocycles. The average molecular weight is 420 g/mol. The summed E-state index contributed by atoms with van der Waals surface area (Å²) in [7, 11) is 0. The quantitative estimate of drug-likeness (QED) is 0.527. The molecule has 27 heavy (non-hydrogen) atoms. The molecule has 1 N–H and O–H groups in total. The molecule has 4 nitrogen and oxygen atoms in total. The van der Waals surface area contributed by atoms with Gasteiger partial charge in [0.15, 0.2) is 0 Å². The smallest absolute Gasteiger partial charge is 0.316 e. The minimum absolute atomic E-state index is 0.0896. The maximum Gasteiger partial charge on any atom is 0.316 e. The minimum atomic E-state index is -0.484. The fourth-order valence-corrected chi connectivity index (χ4v) is 5.45. The Kier molecular flexibility index (Phi) is 7.04. The summed E-state index contributed by atoms with van der Waals surface area (Å²) in [4.78, 5) is 27.1. The molecular formula is C20H21NO3S3. The molecule has 1 aliphatic rings. The number of ether oxygens (including phenoxy) is 1. The van der Waals surface area contributed by atoms with Crippen molar-refractivity contribution in [1.82, 2.24) is 5.32 Å². The summed E-state index contributed by atoms with van der Waals surface area (Å²) in [5, 5.41) is 6.60. The van der Waals surface area contributed by atoms with E-state index in [-0.39, 0.29) is 17.3 Å². The first-order valence-electron chi connectivity index (χ1n) is 8.63. The molecule has 7 heteroatoms. The lowest BCUT2D eigenvalue weighted by Crippen LogP contribution is -2.41. The summed E-state index contributed by atoms with van der Waals surface area (Å²) in [6.07, 6.45) is 0. The Morgan fingerprint density at radius 1 is 1.22 bits per heavy atom. The number of nitrogens with one attached hydrogen (secondary N) is 1. The highest BCUT2D eigenvalue weighted by atomic mass is 32.2. The molecule has 0 spiro atoms. The highest BCUT2D eigenvalue weighted by Crippen LogP contribution is 2.42. The van der Waals surface area contributed by atoms with Gasteiger partial charge < -0.3 is 10.1 Å². The standard InChI is InChI=1S/C20H21NO3S3/c1-3-24-20(23)18-15(16-5-4-10-25-16)11-27-19(18)21-17(22)12-26-14-8-6-13(2)7-9-14/h4-11,18-19H,3,12H2,1-2H3,(H,21,22)/t18-,19+/m1/s1. The third kappa shape index (κ3) is 5.18. The zero-order valence-electron chi connectivity index (χ0n) is 15.1. The van der Waals surface area contributed by atoms with Crippen LogP contribution in [0.25, 0.3) is 5.57 Å². The molecule has 3 rings (SSSR count). The molecular weight excluding hydrogens is 398 g/mol. The Labute approximate surface area is 171 Å². The zero-order valence-corrected chi connectivity index (χ0v) is 17.6. The predicted molar refractivity (Wildman–Crippen MR) is 114 cm³/mol. The van der Waals surface area contributed by atoms with Crippen molar-refractivity contribution in [2.75, 3.05) is 12.4 Å². The van der Waals surface area contributed by atoms with Gasteiger partial charge in [0.1, 0.15) is 5.92 Å². The highest BCUT2D eigenvalue weighted by molar-refractivity contribution is 8.03. The maximum atomic E-state index is 12.5. The van der Waals surface area contributed by atoms with Crippen molar-refractivity contribution >= 4 is 52.3 Å². The van der Waals surface area contributed by atoms with E-state index in [9.17, 15) is 9.59 Å². The second-order valence-electron chi connectivity index (χ2n) is 6.01. The van der Waals surface area contributed by atoms with E-state index in [1.165, 1.54) is 29.1 Å². The van der Waals surface area contributed by atoms with Crippen LogP contribution in [0.4, 0.5) is 0 Å². The van der Waals surface area contributed by atoms with Gasteiger partial charge in [0, 0.05) is 9.77 Å². The number of esters is 1. The molecule has 0 bridgehead atoms. The van der Waals surface area contributed by atoms with E-state index in [2.05, 4.69) is 5.32 Å². The summed E-state index contributed by atoms with van der Waals surface area (Å²) in [6, 6.07) is 12.0. The van der Waals surface area contributed by atoms with Gasteiger partial charge in [-0.2, -0.15) is 0 Å². The fourth-order valence-electron chi connectivity index (χ4n) is 2.70. The number of carbonyl (C=O) groups excluding carboxylic acids is 2. The molecule has 0 aliphatic carbocycles. The molecule has 142 valence electrons. The SMILES string of the molecule is CCOC(=O)[C@@H]1C(c2cccs2)=CS[C@@H]1NC(=O)CSc1ccc(C)cc1. The average Bonchev–Trinajstić information content (AvgIpc) is 3.31. The van der Waals surface area contributed by atoms with Crippen molar-refractivity contribution in [2.24, 2.45) is 5.92 Å². The van der Waals surface area contributed by atoms with Gasteiger partial charge in [0.2, 0.25) is 5.91 Å². The topological polar surface area (TPSA) is 55.4 Å². The van der Waals surface area contributed by atoms with E-state index in [0.29, 0.717) is 12.4 Å². The first-order chi connectivity index (χ1) is 13.1. The van der Waals surface area contributed by atoms with Crippen molar-refractivity contribution in [3.8, 4) is 0 Å². The fraction of sp³-hybridized carbons (Fsp3) is 0.300. The second kappa shape index (κ2) is 9.48. The number of thioether (sulfide) groups is 2. The number of hydrogen-bond donors (Lipinski definition) is 1. The van der Waals surface area contributed by atoms with Crippen LogP contribution < -0.4 is 5.32 Å². The van der Waals surface area contributed by atoms with Crippen LogP contribution >= 0.6 is 34.9 Å². The molecule has 0 radical (unpaired) electrons. The number of amides is 1. The number of carbonyl (C=O) groups is 2. The van der Waals surface area contributed by atoms with Gasteiger partial charge >= 0.3 is 5.97 Å². The summed E-state index contributed by atoms with van der Waals surface area (Å²) < 4.78 is 5.26. The normalized spacial score (nSPS) is 18.8.